The van der Waals surface area contributed by atoms with E-state index >= 15 is 0 Å². The lowest BCUT2D eigenvalue weighted by Gasteiger charge is -2.36. The Labute approximate surface area is 121 Å². The van der Waals surface area contributed by atoms with Crippen LogP contribution in [0, 0.1) is 5.92 Å². The second kappa shape index (κ2) is 7.84. The summed E-state index contributed by atoms with van der Waals surface area (Å²) in [6, 6.07) is -0.00724. The van der Waals surface area contributed by atoms with E-state index < -0.39 is 6.10 Å². The van der Waals surface area contributed by atoms with E-state index in [0.717, 1.165) is 18.9 Å². The Morgan fingerprint density at radius 1 is 1.45 bits per heavy atom. The highest BCUT2D eigenvalue weighted by Crippen LogP contribution is 2.26. The maximum Gasteiger partial charge on any atom is 0.317 e. The summed E-state index contributed by atoms with van der Waals surface area (Å²) < 4.78 is 5.42. The average molecular weight is 284 g/mol. The number of hydrogen-bond acceptors (Lipinski definition) is 3. The molecule has 0 unspecified atom stereocenters. The van der Waals surface area contributed by atoms with Gasteiger partial charge >= 0.3 is 6.03 Å². The van der Waals surface area contributed by atoms with Crippen LogP contribution in [0.1, 0.15) is 45.4 Å². The molecule has 2 fully saturated rings. The number of hydrogen-bond donors (Lipinski definition) is 2. The summed E-state index contributed by atoms with van der Waals surface area (Å²) in [5, 5.41) is 12.5. The van der Waals surface area contributed by atoms with Crippen molar-refractivity contribution in [3.8, 4) is 0 Å². The van der Waals surface area contributed by atoms with Crippen LogP contribution in [0.5, 0.6) is 0 Å². The van der Waals surface area contributed by atoms with Gasteiger partial charge in [0.05, 0.1) is 25.4 Å². The topological polar surface area (TPSA) is 61.8 Å². The van der Waals surface area contributed by atoms with Gasteiger partial charge in [0.2, 0.25) is 0 Å². The molecule has 20 heavy (non-hydrogen) atoms. The molecule has 0 spiro atoms. The van der Waals surface area contributed by atoms with E-state index in [2.05, 4.69) is 5.32 Å². The Hall–Kier alpha value is -0.810. The van der Waals surface area contributed by atoms with Crippen LogP contribution in [-0.4, -0.2) is 54.5 Å². The van der Waals surface area contributed by atoms with Crippen LogP contribution in [0.3, 0.4) is 0 Å². The molecule has 1 heterocycles. The second-order valence-electron chi connectivity index (χ2n) is 6.18. The molecular formula is C15H28N2O3. The monoisotopic (exact) mass is 284 g/mol. The number of aliphatic hydroxyl groups is 1. The predicted molar refractivity (Wildman–Crippen MR) is 77.6 cm³/mol. The lowest BCUT2D eigenvalue weighted by Crippen LogP contribution is -2.53. The molecule has 2 amide bonds. The Morgan fingerprint density at radius 3 is 2.90 bits per heavy atom. The van der Waals surface area contributed by atoms with Gasteiger partial charge in [-0.1, -0.05) is 25.7 Å². The third kappa shape index (κ3) is 4.63. The molecular weight excluding hydrogens is 256 g/mol. The smallest absolute Gasteiger partial charge is 0.317 e. The molecule has 5 nitrogen and oxygen atoms in total. The van der Waals surface area contributed by atoms with Gasteiger partial charge in [-0.15, -0.1) is 0 Å². The zero-order valence-electron chi connectivity index (χ0n) is 12.5. The molecule has 0 bridgehead atoms. The summed E-state index contributed by atoms with van der Waals surface area (Å²) in [7, 11) is 0. The molecule has 2 aliphatic rings. The standard InChI is InChI=1S/C15H28N2O3/c1-12(18)10-14-11-20-9-8-17(14)15(19)16-7-6-13-4-2-3-5-13/h12-14,18H,2-11H2,1H3,(H,16,19)/t12-,14-/m1/s1. The molecule has 1 aliphatic carbocycles. The molecule has 116 valence electrons. The van der Waals surface area contributed by atoms with Crippen LogP contribution in [0.4, 0.5) is 4.79 Å². The van der Waals surface area contributed by atoms with Crippen LogP contribution in [0.2, 0.25) is 0 Å². The Bertz CT molecular complexity index is 303. The van der Waals surface area contributed by atoms with Crippen molar-refractivity contribution >= 4 is 6.03 Å². The number of aliphatic hydroxyl groups excluding tert-OH is 1. The minimum absolute atomic E-state index is 0.00283. The fourth-order valence-corrected chi connectivity index (χ4v) is 3.30. The number of nitrogens with one attached hydrogen (secondary N) is 1. The number of nitrogens with zero attached hydrogens (tertiary/aromatic N) is 1. The van der Waals surface area contributed by atoms with E-state index in [4.69, 9.17) is 4.74 Å². The number of urea groups is 1. The van der Waals surface area contributed by atoms with Crippen LogP contribution in [0.25, 0.3) is 0 Å². The molecule has 5 heteroatoms. The third-order valence-corrected chi connectivity index (χ3v) is 4.41. The Kier molecular flexibility index (Phi) is 6.10. The van der Waals surface area contributed by atoms with Crippen LogP contribution in [-0.2, 0) is 4.74 Å². The van der Waals surface area contributed by atoms with Crippen LogP contribution < -0.4 is 5.32 Å². The highest BCUT2D eigenvalue weighted by atomic mass is 16.5. The van der Waals surface area contributed by atoms with Crippen molar-refractivity contribution in [2.24, 2.45) is 5.92 Å². The van der Waals surface area contributed by atoms with Crippen LogP contribution in [0.15, 0.2) is 0 Å². The van der Waals surface area contributed by atoms with Crippen molar-refractivity contribution in [1.82, 2.24) is 10.2 Å². The van der Waals surface area contributed by atoms with Gasteiger partial charge in [0.25, 0.3) is 0 Å². The van der Waals surface area contributed by atoms with Crippen molar-refractivity contribution in [3.05, 3.63) is 0 Å². The van der Waals surface area contributed by atoms with Crippen molar-refractivity contribution in [3.63, 3.8) is 0 Å². The van der Waals surface area contributed by atoms with Gasteiger partial charge in [0, 0.05) is 13.1 Å². The number of morpholine rings is 1. The van der Waals surface area contributed by atoms with Gasteiger partial charge in [-0.25, -0.2) is 4.79 Å². The minimum Gasteiger partial charge on any atom is -0.393 e. The van der Waals surface area contributed by atoms with Crippen LogP contribution >= 0.6 is 0 Å². The summed E-state index contributed by atoms with van der Waals surface area (Å²) in [6.07, 6.45) is 6.59. The molecule has 2 rings (SSSR count). The fraction of sp³-hybridized carbons (Fsp3) is 0.933. The summed E-state index contributed by atoms with van der Waals surface area (Å²) in [4.78, 5) is 14.1. The molecule has 1 saturated heterocycles. The maximum absolute atomic E-state index is 12.2. The van der Waals surface area contributed by atoms with Gasteiger partial charge in [0.15, 0.2) is 0 Å². The number of amides is 2. The molecule has 0 radical (unpaired) electrons. The fourth-order valence-electron chi connectivity index (χ4n) is 3.30. The minimum atomic E-state index is -0.407. The van der Waals surface area contributed by atoms with Gasteiger partial charge in [-0.3, -0.25) is 0 Å². The summed E-state index contributed by atoms with van der Waals surface area (Å²) in [6.45, 7) is 4.26. The highest BCUT2D eigenvalue weighted by Gasteiger charge is 2.28. The number of carbonyl (C=O) groups excluding carboxylic acids is 1. The number of ether oxygens (including phenoxy) is 1. The average Bonchev–Trinajstić information content (AvgIpc) is 2.91. The van der Waals surface area contributed by atoms with E-state index in [1.54, 1.807) is 6.92 Å². The molecule has 2 atom stereocenters. The van der Waals surface area contributed by atoms with Gasteiger partial charge < -0.3 is 20.1 Å². The summed E-state index contributed by atoms with van der Waals surface area (Å²) in [5.41, 5.74) is 0. The Balaban J connectivity index is 1.73. The van der Waals surface area contributed by atoms with Gasteiger partial charge in [-0.05, 0) is 25.7 Å². The predicted octanol–water partition coefficient (Wildman–Crippen LogP) is 1.75. The summed E-state index contributed by atoms with van der Waals surface area (Å²) >= 11 is 0. The van der Waals surface area contributed by atoms with E-state index in [-0.39, 0.29) is 12.1 Å². The number of rotatable bonds is 5. The molecule has 1 saturated carbocycles. The van der Waals surface area contributed by atoms with Crippen molar-refractivity contribution < 1.29 is 14.6 Å². The first-order chi connectivity index (χ1) is 9.66. The molecule has 1 aliphatic heterocycles. The van der Waals surface area contributed by atoms with Gasteiger partial charge in [0.1, 0.15) is 0 Å². The molecule has 0 aromatic heterocycles. The van der Waals surface area contributed by atoms with E-state index in [1.807, 2.05) is 4.90 Å². The van der Waals surface area contributed by atoms with Gasteiger partial charge in [-0.2, -0.15) is 0 Å². The zero-order valence-corrected chi connectivity index (χ0v) is 12.5. The first kappa shape index (κ1) is 15.6. The molecule has 2 N–H and O–H groups in total. The first-order valence-corrected chi connectivity index (χ1v) is 7.97. The van der Waals surface area contributed by atoms with Crippen molar-refractivity contribution in [2.75, 3.05) is 26.3 Å². The first-order valence-electron chi connectivity index (χ1n) is 7.97. The summed E-state index contributed by atoms with van der Waals surface area (Å²) in [5.74, 6) is 0.799. The molecule has 0 aromatic carbocycles. The zero-order chi connectivity index (χ0) is 14.4. The van der Waals surface area contributed by atoms with Crippen molar-refractivity contribution in [1.29, 1.82) is 0 Å². The molecule has 0 aromatic rings. The van der Waals surface area contributed by atoms with E-state index in [1.165, 1.54) is 25.7 Å². The number of carbonyl (C=O) groups is 1. The lowest BCUT2D eigenvalue weighted by atomic mass is 10.0. The SMILES string of the molecule is C[C@@H](O)C[C@@H]1COCCN1C(=O)NCCC1CCCC1. The maximum atomic E-state index is 12.2. The highest BCUT2D eigenvalue weighted by molar-refractivity contribution is 5.74. The largest absolute Gasteiger partial charge is 0.393 e. The normalized spacial score (nSPS) is 25.7. The quantitative estimate of drug-likeness (QED) is 0.808. The third-order valence-electron chi connectivity index (χ3n) is 4.41. The van der Waals surface area contributed by atoms with E-state index in [0.29, 0.717) is 26.2 Å². The second-order valence-corrected chi connectivity index (χ2v) is 6.18. The van der Waals surface area contributed by atoms with E-state index in [9.17, 15) is 9.90 Å². The Morgan fingerprint density at radius 2 is 2.20 bits per heavy atom. The van der Waals surface area contributed by atoms with Crippen molar-refractivity contribution in [2.45, 2.75) is 57.6 Å². The lowest BCUT2D eigenvalue weighted by molar-refractivity contribution is -0.00432.